The first-order valence-corrected chi connectivity index (χ1v) is 7.05. The molecule has 0 fully saturated rings. The summed E-state index contributed by atoms with van der Waals surface area (Å²) in [6.07, 6.45) is 3.41. The number of rotatable bonds is 6. The summed E-state index contributed by atoms with van der Waals surface area (Å²) >= 11 is 0. The zero-order chi connectivity index (χ0) is 15.2. The van der Waals surface area contributed by atoms with Gasteiger partial charge in [0.25, 0.3) is 0 Å². The van der Waals surface area contributed by atoms with Gasteiger partial charge in [-0.2, -0.15) is 0 Å². The molecule has 0 radical (unpaired) electrons. The van der Waals surface area contributed by atoms with E-state index in [2.05, 4.69) is 10.3 Å². The number of nitrogens with one attached hydrogen (secondary N) is 1. The fraction of sp³-hybridized carbons (Fsp3) is 0.375. The second-order valence-electron chi connectivity index (χ2n) is 5.13. The van der Waals surface area contributed by atoms with Crippen LogP contribution in [0, 0.1) is 0 Å². The predicted octanol–water partition coefficient (Wildman–Crippen LogP) is 1.99. The first-order valence-electron chi connectivity index (χ1n) is 7.05. The van der Waals surface area contributed by atoms with Gasteiger partial charge in [-0.3, -0.25) is 4.57 Å². The van der Waals surface area contributed by atoms with Gasteiger partial charge in [-0.15, -0.1) is 0 Å². The molecule has 1 heterocycles. The minimum Gasteiger partial charge on any atom is -0.491 e. The third kappa shape index (κ3) is 4.16. The highest BCUT2D eigenvalue weighted by molar-refractivity contribution is 5.29. The van der Waals surface area contributed by atoms with Gasteiger partial charge in [0.1, 0.15) is 5.75 Å². The smallest absolute Gasteiger partial charge is 0.347 e. The van der Waals surface area contributed by atoms with Crippen LogP contribution in [0.4, 0.5) is 0 Å². The standard InChI is InChI=1S/C16H21N3O2/c1-12(2)21-14-7-5-13(6-8-14)15(17-3)11-19-10-4-9-18-16(19)20/h4-10,12,15,17H,11H2,1-3H3. The Balaban J connectivity index is 2.14. The highest BCUT2D eigenvalue weighted by atomic mass is 16.5. The molecular weight excluding hydrogens is 266 g/mol. The normalized spacial score (nSPS) is 12.4. The Bertz CT molecular complexity index is 620. The molecule has 0 aliphatic heterocycles. The molecule has 5 heteroatoms. The lowest BCUT2D eigenvalue weighted by atomic mass is 10.1. The second kappa shape index (κ2) is 7.04. The van der Waals surface area contributed by atoms with E-state index in [1.165, 1.54) is 6.20 Å². The van der Waals surface area contributed by atoms with E-state index in [4.69, 9.17) is 4.74 Å². The van der Waals surface area contributed by atoms with Crippen molar-refractivity contribution >= 4 is 0 Å². The van der Waals surface area contributed by atoms with Crippen LogP contribution in [0.15, 0.2) is 47.5 Å². The topological polar surface area (TPSA) is 56.2 Å². The number of benzene rings is 1. The Morgan fingerprint density at radius 1 is 1.29 bits per heavy atom. The van der Waals surface area contributed by atoms with Crippen molar-refractivity contribution < 1.29 is 4.74 Å². The first kappa shape index (κ1) is 15.3. The fourth-order valence-electron chi connectivity index (χ4n) is 2.14. The van der Waals surface area contributed by atoms with E-state index < -0.39 is 0 Å². The minimum atomic E-state index is -0.238. The summed E-state index contributed by atoms with van der Waals surface area (Å²) in [5.74, 6) is 0.849. The van der Waals surface area contributed by atoms with E-state index in [1.807, 2.05) is 45.2 Å². The molecule has 1 unspecified atom stereocenters. The summed E-state index contributed by atoms with van der Waals surface area (Å²) in [6.45, 7) is 4.53. The van der Waals surface area contributed by atoms with Crippen molar-refractivity contribution in [2.24, 2.45) is 0 Å². The van der Waals surface area contributed by atoms with Crippen molar-refractivity contribution in [1.29, 1.82) is 0 Å². The van der Waals surface area contributed by atoms with Gasteiger partial charge in [-0.1, -0.05) is 12.1 Å². The zero-order valence-electron chi connectivity index (χ0n) is 12.6. The van der Waals surface area contributed by atoms with Crippen LogP contribution in [0.1, 0.15) is 25.5 Å². The van der Waals surface area contributed by atoms with Crippen molar-refractivity contribution in [2.75, 3.05) is 7.05 Å². The van der Waals surface area contributed by atoms with Gasteiger partial charge < -0.3 is 10.1 Å². The number of aromatic nitrogens is 2. The van der Waals surface area contributed by atoms with E-state index in [0.29, 0.717) is 6.54 Å². The number of hydrogen-bond acceptors (Lipinski definition) is 4. The lowest BCUT2D eigenvalue weighted by Gasteiger charge is -2.18. The molecule has 0 amide bonds. The molecule has 1 N–H and O–H groups in total. The van der Waals surface area contributed by atoms with Crippen LogP contribution in [0.5, 0.6) is 5.75 Å². The molecule has 1 aromatic carbocycles. The molecule has 1 aromatic heterocycles. The van der Waals surface area contributed by atoms with Gasteiger partial charge in [0.05, 0.1) is 12.1 Å². The summed E-state index contributed by atoms with van der Waals surface area (Å²) in [5, 5.41) is 3.23. The molecule has 5 nitrogen and oxygen atoms in total. The van der Waals surface area contributed by atoms with Crippen molar-refractivity contribution in [3.05, 3.63) is 58.8 Å². The van der Waals surface area contributed by atoms with Crippen LogP contribution in [0.2, 0.25) is 0 Å². The molecule has 0 spiro atoms. The van der Waals surface area contributed by atoms with E-state index in [1.54, 1.807) is 16.8 Å². The average molecular weight is 287 g/mol. The van der Waals surface area contributed by atoms with Crippen LogP contribution in [0.25, 0.3) is 0 Å². The lowest BCUT2D eigenvalue weighted by Crippen LogP contribution is -2.29. The Morgan fingerprint density at radius 3 is 2.57 bits per heavy atom. The average Bonchev–Trinajstić information content (AvgIpc) is 2.47. The van der Waals surface area contributed by atoms with Crippen LogP contribution in [-0.2, 0) is 6.54 Å². The molecule has 1 atom stereocenters. The monoisotopic (exact) mass is 287 g/mol. The molecule has 0 saturated carbocycles. The highest BCUT2D eigenvalue weighted by Crippen LogP contribution is 2.19. The molecule has 0 aliphatic carbocycles. The molecule has 21 heavy (non-hydrogen) atoms. The lowest BCUT2D eigenvalue weighted by molar-refractivity contribution is 0.242. The Morgan fingerprint density at radius 2 is 2.00 bits per heavy atom. The molecule has 0 bridgehead atoms. The summed E-state index contributed by atoms with van der Waals surface area (Å²) in [6, 6.07) is 9.73. The van der Waals surface area contributed by atoms with Crippen molar-refractivity contribution in [3.63, 3.8) is 0 Å². The zero-order valence-corrected chi connectivity index (χ0v) is 12.6. The molecule has 2 aromatic rings. The van der Waals surface area contributed by atoms with Crippen LogP contribution < -0.4 is 15.7 Å². The summed E-state index contributed by atoms with van der Waals surface area (Å²) in [4.78, 5) is 15.4. The van der Waals surface area contributed by atoms with E-state index in [0.717, 1.165) is 11.3 Å². The van der Waals surface area contributed by atoms with Gasteiger partial charge in [0.2, 0.25) is 0 Å². The Hall–Kier alpha value is -2.14. The highest BCUT2D eigenvalue weighted by Gasteiger charge is 2.11. The largest absolute Gasteiger partial charge is 0.491 e. The SMILES string of the molecule is CNC(Cn1cccnc1=O)c1ccc(OC(C)C)cc1. The van der Waals surface area contributed by atoms with Gasteiger partial charge in [0.15, 0.2) is 0 Å². The summed E-state index contributed by atoms with van der Waals surface area (Å²) in [7, 11) is 1.88. The minimum absolute atomic E-state index is 0.0417. The third-order valence-electron chi connectivity index (χ3n) is 3.16. The third-order valence-corrected chi connectivity index (χ3v) is 3.16. The predicted molar refractivity (Wildman–Crippen MR) is 82.5 cm³/mol. The first-order chi connectivity index (χ1) is 10.1. The van der Waals surface area contributed by atoms with Crippen molar-refractivity contribution in [1.82, 2.24) is 14.9 Å². The van der Waals surface area contributed by atoms with Gasteiger partial charge in [-0.05, 0) is 44.7 Å². The summed E-state index contributed by atoms with van der Waals surface area (Å²) in [5.41, 5.74) is 0.863. The molecule has 112 valence electrons. The van der Waals surface area contributed by atoms with E-state index in [9.17, 15) is 4.79 Å². The Labute approximate surface area is 124 Å². The second-order valence-corrected chi connectivity index (χ2v) is 5.13. The molecule has 2 rings (SSSR count). The van der Waals surface area contributed by atoms with E-state index in [-0.39, 0.29) is 17.8 Å². The van der Waals surface area contributed by atoms with Gasteiger partial charge in [-0.25, -0.2) is 9.78 Å². The molecule has 0 saturated heterocycles. The quantitative estimate of drug-likeness (QED) is 0.883. The number of hydrogen-bond donors (Lipinski definition) is 1. The number of ether oxygens (including phenoxy) is 1. The van der Waals surface area contributed by atoms with Gasteiger partial charge >= 0.3 is 5.69 Å². The maximum absolute atomic E-state index is 11.7. The van der Waals surface area contributed by atoms with Crippen LogP contribution >= 0.6 is 0 Å². The fourth-order valence-corrected chi connectivity index (χ4v) is 2.14. The van der Waals surface area contributed by atoms with Crippen LogP contribution in [-0.4, -0.2) is 22.7 Å². The maximum atomic E-state index is 11.7. The Kier molecular flexibility index (Phi) is 5.11. The van der Waals surface area contributed by atoms with E-state index >= 15 is 0 Å². The van der Waals surface area contributed by atoms with Gasteiger partial charge in [0, 0.05) is 18.9 Å². The van der Waals surface area contributed by atoms with Crippen LogP contribution in [0.3, 0.4) is 0 Å². The summed E-state index contributed by atoms with van der Waals surface area (Å²) < 4.78 is 7.23. The number of nitrogens with zero attached hydrogens (tertiary/aromatic N) is 2. The van der Waals surface area contributed by atoms with Crippen molar-refractivity contribution in [2.45, 2.75) is 32.5 Å². The molecular formula is C16H21N3O2. The van der Waals surface area contributed by atoms with Crippen molar-refractivity contribution in [3.8, 4) is 5.75 Å². The maximum Gasteiger partial charge on any atom is 0.347 e. The molecule has 0 aliphatic rings. The number of likely N-dealkylation sites (N-methyl/N-ethyl adjacent to an activating group) is 1.